The van der Waals surface area contributed by atoms with Crippen molar-refractivity contribution in [1.29, 1.82) is 0 Å². The number of amides is 1. The normalized spacial score (nSPS) is 13.7. The van der Waals surface area contributed by atoms with Crippen molar-refractivity contribution in [3.05, 3.63) is 59.2 Å². The number of benzene rings is 2. The van der Waals surface area contributed by atoms with E-state index in [9.17, 15) is 18.0 Å². The molecule has 7 heteroatoms. The van der Waals surface area contributed by atoms with Gasteiger partial charge in [0.15, 0.2) is 11.5 Å². The van der Waals surface area contributed by atoms with Gasteiger partial charge in [-0.2, -0.15) is 13.2 Å². The molecule has 0 radical (unpaired) electrons. The summed E-state index contributed by atoms with van der Waals surface area (Å²) >= 11 is 0. The van der Waals surface area contributed by atoms with Crippen molar-refractivity contribution >= 4 is 17.7 Å². The number of halogens is 3. The molecule has 4 nitrogen and oxygen atoms in total. The molecule has 0 aliphatic carbocycles. The Balaban J connectivity index is 1.75. The second-order valence-corrected chi connectivity index (χ2v) is 5.76. The number of nitrogens with one attached hydrogen (secondary N) is 1. The third-order valence-electron chi connectivity index (χ3n) is 3.76. The van der Waals surface area contributed by atoms with Crippen LogP contribution >= 0.6 is 0 Å². The van der Waals surface area contributed by atoms with Crippen LogP contribution in [0, 0.1) is 6.92 Å². The first-order chi connectivity index (χ1) is 12.3. The van der Waals surface area contributed by atoms with E-state index >= 15 is 0 Å². The number of ether oxygens (including phenoxy) is 2. The lowest BCUT2D eigenvalue weighted by Crippen LogP contribution is -2.17. The molecule has 1 aliphatic heterocycles. The molecule has 0 aromatic heterocycles. The number of hydrogen-bond donors (Lipinski definition) is 1. The molecule has 1 N–H and O–H groups in total. The van der Waals surface area contributed by atoms with Gasteiger partial charge in [0.1, 0.15) is 13.2 Å². The Morgan fingerprint density at radius 3 is 2.50 bits per heavy atom. The van der Waals surface area contributed by atoms with Crippen molar-refractivity contribution < 1.29 is 27.4 Å². The van der Waals surface area contributed by atoms with Crippen LogP contribution in [0.4, 0.5) is 18.9 Å². The standard InChI is InChI=1S/C19H16F3NO3/c1-12-10-13(6-7-19(20,21)22)2-4-15(12)18(24)23-14-3-5-16-17(11-14)26-9-8-25-16/h2-7,10-11H,8-9H2,1H3,(H,23,24). The van der Waals surface area contributed by atoms with E-state index in [-0.39, 0.29) is 12.0 Å². The van der Waals surface area contributed by atoms with Crippen LogP contribution in [-0.4, -0.2) is 25.3 Å². The van der Waals surface area contributed by atoms with Gasteiger partial charge in [0, 0.05) is 23.4 Å². The van der Waals surface area contributed by atoms with Gasteiger partial charge in [0.25, 0.3) is 5.91 Å². The maximum Gasteiger partial charge on any atom is 0.409 e. The fourth-order valence-electron chi connectivity index (χ4n) is 2.56. The molecule has 0 atom stereocenters. The Bertz CT molecular complexity index is 860. The number of fused-ring (bicyclic) bond motifs is 1. The van der Waals surface area contributed by atoms with Gasteiger partial charge in [-0.25, -0.2) is 0 Å². The van der Waals surface area contributed by atoms with Gasteiger partial charge in [-0.05, 0) is 36.2 Å². The fourth-order valence-corrected chi connectivity index (χ4v) is 2.56. The highest BCUT2D eigenvalue weighted by atomic mass is 19.4. The lowest BCUT2D eigenvalue weighted by atomic mass is 10.0. The summed E-state index contributed by atoms with van der Waals surface area (Å²) in [5.41, 5.74) is 1.86. The molecule has 136 valence electrons. The van der Waals surface area contributed by atoms with E-state index in [1.165, 1.54) is 18.2 Å². The Morgan fingerprint density at radius 2 is 1.81 bits per heavy atom. The zero-order valence-electron chi connectivity index (χ0n) is 13.9. The number of carbonyl (C=O) groups excluding carboxylic acids is 1. The number of aryl methyl sites for hydroxylation is 1. The van der Waals surface area contributed by atoms with Crippen LogP contribution < -0.4 is 14.8 Å². The van der Waals surface area contributed by atoms with Crippen LogP contribution in [-0.2, 0) is 0 Å². The smallest absolute Gasteiger partial charge is 0.409 e. The topological polar surface area (TPSA) is 47.6 Å². The summed E-state index contributed by atoms with van der Waals surface area (Å²) in [5, 5.41) is 2.75. The van der Waals surface area contributed by atoms with Crippen molar-refractivity contribution in [2.75, 3.05) is 18.5 Å². The third kappa shape index (κ3) is 4.36. The van der Waals surface area contributed by atoms with E-state index in [4.69, 9.17) is 9.47 Å². The highest BCUT2D eigenvalue weighted by Gasteiger charge is 2.22. The molecule has 0 bridgehead atoms. The van der Waals surface area contributed by atoms with Crippen LogP contribution in [0.3, 0.4) is 0 Å². The molecule has 26 heavy (non-hydrogen) atoms. The first-order valence-electron chi connectivity index (χ1n) is 7.89. The van der Waals surface area contributed by atoms with Gasteiger partial charge in [0.2, 0.25) is 0 Å². The van der Waals surface area contributed by atoms with E-state index < -0.39 is 6.18 Å². The number of carbonyl (C=O) groups is 1. The molecule has 2 aromatic rings. The second kappa shape index (κ2) is 7.11. The number of allylic oxidation sites excluding steroid dienone is 1. The summed E-state index contributed by atoms with van der Waals surface area (Å²) in [5.74, 6) is 0.815. The van der Waals surface area contributed by atoms with Gasteiger partial charge in [-0.3, -0.25) is 4.79 Å². The van der Waals surface area contributed by atoms with Gasteiger partial charge in [-0.1, -0.05) is 18.2 Å². The molecule has 0 unspecified atom stereocenters. The van der Waals surface area contributed by atoms with Crippen molar-refractivity contribution in [3.63, 3.8) is 0 Å². The highest BCUT2D eigenvalue weighted by molar-refractivity contribution is 6.05. The minimum Gasteiger partial charge on any atom is -0.486 e. The van der Waals surface area contributed by atoms with Crippen LogP contribution in [0.2, 0.25) is 0 Å². The number of anilines is 1. The SMILES string of the molecule is Cc1cc(C=CC(F)(F)F)ccc1C(=O)Nc1ccc2c(c1)OCCO2. The number of hydrogen-bond acceptors (Lipinski definition) is 3. The maximum absolute atomic E-state index is 12.5. The van der Waals surface area contributed by atoms with Gasteiger partial charge >= 0.3 is 6.18 Å². The van der Waals surface area contributed by atoms with Crippen molar-refractivity contribution in [1.82, 2.24) is 0 Å². The Labute approximate surface area is 148 Å². The molecule has 1 amide bonds. The summed E-state index contributed by atoms with van der Waals surface area (Å²) in [6.07, 6.45) is -3.24. The van der Waals surface area contributed by atoms with Crippen LogP contribution in [0.15, 0.2) is 42.5 Å². The molecule has 1 heterocycles. The Kier molecular flexibility index (Phi) is 4.88. The number of rotatable bonds is 3. The van der Waals surface area contributed by atoms with E-state index in [2.05, 4.69) is 5.32 Å². The predicted octanol–water partition coefficient (Wildman–Crippen LogP) is 4.59. The summed E-state index contributed by atoms with van der Waals surface area (Å²) < 4.78 is 47.6. The second-order valence-electron chi connectivity index (χ2n) is 5.76. The molecule has 0 saturated carbocycles. The first-order valence-corrected chi connectivity index (χ1v) is 7.89. The molecular formula is C19H16F3NO3. The van der Waals surface area contributed by atoms with Crippen molar-refractivity contribution in [3.8, 4) is 11.5 Å². The summed E-state index contributed by atoms with van der Waals surface area (Å²) in [7, 11) is 0. The third-order valence-corrected chi connectivity index (χ3v) is 3.76. The molecule has 0 spiro atoms. The number of alkyl halides is 3. The minimum atomic E-state index is -4.37. The molecule has 1 aliphatic rings. The minimum absolute atomic E-state index is 0.163. The lowest BCUT2D eigenvalue weighted by Gasteiger charge is -2.19. The average Bonchev–Trinajstić information content (AvgIpc) is 2.59. The Hall–Kier alpha value is -2.96. The van der Waals surface area contributed by atoms with Crippen LogP contribution in [0.25, 0.3) is 6.08 Å². The first kappa shape index (κ1) is 17.8. The van der Waals surface area contributed by atoms with Crippen molar-refractivity contribution in [2.24, 2.45) is 0 Å². The zero-order chi connectivity index (χ0) is 18.7. The average molecular weight is 363 g/mol. The Morgan fingerprint density at radius 1 is 1.08 bits per heavy atom. The molecular weight excluding hydrogens is 347 g/mol. The monoisotopic (exact) mass is 363 g/mol. The van der Waals surface area contributed by atoms with Crippen LogP contribution in [0.5, 0.6) is 11.5 Å². The van der Waals surface area contributed by atoms with E-state index in [1.54, 1.807) is 25.1 Å². The van der Waals surface area contributed by atoms with E-state index in [0.717, 1.165) is 6.08 Å². The molecule has 0 saturated heterocycles. The van der Waals surface area contributed by atoms with Gasteiger partial charge in [-0.15, -0.1) is 0 Å². The largest absolute Gasteiger partial charge is 0.486 e. The van der Waals surface area contributed by atoms with Crippen LogP contribution in [0.1, 0.15) is 21.5 Å². The maximum atomic E-state index is 12.5. The van der Waals surface area contributed by atoms with E-state index in [0.29, 0.717) is 47.1 Å². The predicted molar refractivity (Wildman–Crippen MR) is 91.7 cm³/mol. The summed E-state index contributed by atoms with van der Waals surface area (Å²) in [6.45, 7) is 2.59. The van der Waals surface area contributed by atoms with Gasteiger partial charge in [0.05, 0.1) is 0 Å². The highest BCUT2D eigenvalue weighted by Crippen LogP contribution is 2.32. The molecule has 2 aromatic carbocycles. The van der Waals surface area contributed by atoms with Crippen molar-refractivity contribution in [2.45, 2.75) is 13.1 Å². The zero-order valence-corrected chi connectivity index (χ0v) is 13.9. The molecule has 0 fully saturated rings. The van der Waals surface area contributed by atoms with Gasteiger partial charge < -0.3 is 14.8 Å². The van der Waals surface area contributed by atoms with E-state index in [1.807, 2.05) is 0 Å². The lowest BCUT2D eigenvalue weighted by molar-refractivity contribution is -0.0790. The fraction of sp³-hybridized carbons (Fsp3) is 0.211. The summed E-state index contributed by atoms with van der Waals surface area (Å²) in [6, 6.07) is 9.57. The summed E-state index contributed by atoms with van der Waals surface area (Å²) in [4.78, 5) is 12.5. The molecule has 3 rings (SSSR count). The quantitative estimate of drug-likeness (QED) is 0.867.